The monoisotopic (exact) mass is 486 g/mol. The van der Waals surface area contributed by atoms with Crippen LogP contribution >= 0.6 is 27.5 Å². The van der Waals surface area contributed by atoms with Gasteiger partial charge in [0.15, 0.2) is 0 Å². The summed E-state index contributed by atoms with van der Waals surface area (Å²) in [6, 6.07) is 18.1. The molecule has 1 aliphatic rings. The summed E-state index contributed by atoms with van der Waals surface area (Å²) in [5.41, 5.74) is 4.76. The summed E-state index contributed by atoms with van der Waals surface area (Å²) < 4.78 is 14.2. The molecular formula is C24H21BrClFN2O. The van der Waals surface area contributed by atoms with Gasteiger partial charge in [-0.05, 0) is 69.4 Å². The van der Waals surface area contributed by atoms with Crippen molar-refractivity contribution in [3.8, 4) is 5.75 Å². The number of nitrogens with zero attached hydrogens (tertiary/aromatic N) is 1. The van der Waals surface area contributed by atoms with Crippen LogP contribution in [0, 0.1) is 5.82 Å². The highest BCUT2D eigenvalue weighted by Gasteiger charge is 2.28. The molecule has 0 unspecified atom stereocenters. The molecule has 0 amide bonds. The van der Waals surface area contributed by atoms with Crippen LogP contribution in [-0.4, -0.2) is 10.8 Å². The van der Waals surface area contributed by atoms with Gasteiger partial charge in [0.2, 0.25) is 0 Å². The fourth-order valence-corrected chi connectivity index (χ4v) is 4.25. The van der Waals surface area contributed by atoms with E-state index in [0.717, 1.165) is 23.3 Å². The number of phenols is 1. The molecule has 0 aliphatic carbocycles. The Bertz CT molecular complexity index is 1100. The summed E-state index contributed by atoms with van der Waals surface area (Å²) in [7, 11) is 0. The standard InChI is InChI=1S/C24H21BrClFN2O/c1-2-14-3-5-15(6-4-14)21-13-22(18-12-17(26)8-10-23(18)30)29-24(28-21)16-7-9-20(27)19(25)11-16/h3-12,22,24,29-30H,2,13H2,1H3/t22-,24+/m0/s1. The van der Waals surface area contributed by atoms with E-state index >= 15 is 0 Å². The minimum atomic E-state index is -0.389. The highest BCUT2D eigenvalue weighted by molar-refractivity contribution is 9.10. The van der Waals surface area contributed by atoms with Gasteiger partial charge in [-0.3, -0.25) is 10.3 Å². The molecule has 3 aromatic carbocycles. The molecule has 1 aliphatic heterocycles. The number of hydrogen-bond donors (Lipinski definition) is 2. The Hall–Kier alpha value is -2.21. The number of phenolic OH excluding ortho intramolecular Hbond substituents is 1. The van der Waals surface area contributed by atoms with E-state index in [2.05, 4.69) is 52.4 Å². The van der Waals surface area contributed by atoms with Gasteiger partial charge in [0, 0.05) is 28.8 Å². The molecule has 0 aromatic heterocycles. The van der Waals surface area contributed by atoms with Gasteiger partial charge in [-0.25, -0.2) is 4.39 Å². The summed E-state index contributed by atoms with van der Waals surface area (Å²) in [4.78, 5) is 4.92. The van der Waals surface area contributed by atoms with Crippen molar-refractivity contribution >= 4 is 33.2 Å². The van der Waals surface area contributed by atoms with Gasteiger partial charge in [-0.2, -0.15) is 0 Å². The van der Waals surface area contributed by atoms with E-state index in [1.54, 1.807) is 30.3 Å². The van der Waals surface area contributed by atoms with Crippen LogP contribution in [0.15, 0.2) is 70.1 Å². The van der Waals surface area contributed by atoms with Crippen LogP contribution in [0.3, 0.4) is 0 Å². The van der Waals surface area contributed by atoms with Gasteiger partial charge in [0.1, 0.15) is 17.7 Å². The Labute approximate surface area is 188 Å². The second kappa shape index (κ2) is 8.88. The fraction of sp³-hybridized carbons (Fsp3) is 0.208. The third-order valence-corrected chi connectivity index (χ3v) is 6.20. The van der Waals surface area contributed by atoms with E-state index in [-0.39, 0.29) is 23.8 Å². The molecule has 0 radical (unpaired) electrons. The van der Waals surface area contributed by atoms with Crippen LogP contribution in [0.5, 0.6) is 5.75 Å². The number of aliphatic imine (C=N–C) groups is 1. The number of nitrogens with one attached hydrogen (secondary N) is 1. The average Bonchev–Trinajstić information content (AvgIpc) is 2.77. The lowest BCUT2D eigenvalue weighted by molar-refractivity contribution is 0.412. The number of aryl methyl sites for hydroxylation is 1. The van der Waals surface area contributed by atoms with Gasteiger partial charge >= 0.3 is 0 Å². The molecule has 30 heavy (non-hydrogen) atoms. The lowest BCUT2D eigenvalue weighted by Crippen LogP contribution is -2.33. The minimum absolute atomic E-state index is 0.179. The SMILES string of the molecule is CCc1ccc(C2=N[C@@H](c3ccc(F)c(Br)c3)N[C@H](c3cc(Cl)ccc3O)C2)cc1. The quantitative estimate of drug-likeness (QED) is 0.428. The van der Waals surface area contributed by atoms with Gasteiger partial charge < -0.3 is 5.11 Å². The van der Waals surface area contributed by atoms with Crippen molar-refractivity contribution < 1.29 is 9.50 Å². The van der Waals surface area contributed by atoms with Crippen molar-refractivity contribution in [2.45, 2.75) is 32.0 Å². The first kappa shape index (κ1) is 21.0. The molecule has 1 heterocycles. The van der Waals surface area contributed by atoms with Gasteiger partial charge in [-0.1, -0.05) is 48.9 Å². The van der Waals surface area contributed by atoms with Crippen LogP contribution in [0.2, 0.25) is 5.02 Å². The number of halogens is 3. The summed E-state index contributed by atoms with van der Waals surface area (Å²) >= 11 is 9.46. The average molecular weight is 488 g/mol. The Kier molecular flexibility index (Phi) is 6.23. The lowest BCUT2D eigenvalue weighted by Gasteiger charge is -2.31. The third-order valence-electron chi connectivity index (χ3n) is 5.36. The van der Waals surface area contributed by atoms with Gasteiger partial charge in [0.25, 0.3) is 0 Å². The molecular weight excluding hydrogens is 467 g/mol. The van der Waals surface area contributed by atoms with E-state index in [9.17, 15) is 9.50 Å². The molecule has 4 rings (SSSR count). The first-order valence-electron chi connectivity index (χ1n) is 9.80. The van der Waals surface area contributed by atoms with Crippen molar-refractivity contribution in [1.82, 2.24) is 5.32 Å². The zero-order valence-electron chi connectivity index (χ0n) is 16.4. The van der Waals surface area contributed by atoms with E-state index in [4.69, 9.17) is 16.6 Å². The molecule has 154 valence electrons. The summed E-state index contributed by atoms with van der Waals surface area (Å²) in [6.07, 6.45) is 1.18. The smallest absolute Gasteiger partial charge is 0.137 e. The first-order valence-corrected chi connectivity index (χ1v) is 11.0. The minimum Gasteiger partial charge on any atom is -0.508 e. The van der Waals surface area contributed by atoms with Crippen molar-refractivity contribution in [3.63, 3.8) is 0 Å². The zero-order valence-corrected chi connectivity index (χ0v) is 18.7. The fourth-order valence-electron chi connectivity index (χ4n) is 3.67. The van der Waals surface area contributed by atoms with Crippen molar-refractivity contribution in [3.05, 3.63) is 98.2 Å². The summed E-state index contributed by atoms with van der Waals surface area (Å²) in [5, 5.41) is 14.5. The molecule has 0 spiro atoms. The molecule has 3 aromatic rings. The predicted octanol–water partition coefficient (Wildman–Crippen LogP) is 6.73. The number of hydrogen-bond acceptors (Lipinski definition) is 3. The van der Waals surface area contributed by atoms with Gasteiger partial charge in [-0.15, -0.1) is 0 Å². The number of rotatable bonds is 4. The first-order chi connectivity index (χ1) is 14.4. The number of aromatic hydroxyl groups is 1. The van der Waals surface area contributed by atoms with Crippen molar-refractivity contribution in [2.75, 3.05) is 0 Å². The third kappa shape index (κ3) is 4.43. The second-order valence-corrected chi connectivity index (χ2v) is 8.62. The van der Waals surface area contributed by atoms with Crippen LogP contribution in [0.4, 0.5) is 4.39 Å². The molecule has 2 N–H and O–H groups in total. The Morgan fingerprint density at radius 2 is 1.90 bits per heavy atom. The topological polar surface area (TPSA) is 44.6 Å². The molecule has 2 atom stereocenters. The molecule has 6 heteroatoms. The molecule has 0 saturated heterocycles. The number of benzene rings is 3. The second-order valence-electron chi connectivity index (χ2n) is 7.33. The highest BCUT2D eigenvalue weighted by atomic mass is 79.9. The van der Waals surface area contributed by atoms with E-state index in [1.165, 1.54) is 11.6 Å². The lowest BCUT2D eigenvalue weighted by atomic mass is 9.93. The predicted molar refractivity (Wildman–Crippen MR) is 123 cm³/mol. The Balaban J connectivity index is 1.77. The molecule has 0 saturated carbocycles. The largest absolute Gasteiger partial charge is 0.508 e. The van der Waals surface area contributed by atoms with E-state index < -0.39 is 0 Å². The normalized spacial score (nSPS) is 18.9. The van der Waals surface area contributed by atoms with Crippen LogP contribution in [0.1, 0.15) is 47.8 Å². The summed E-state index contributed by atoms with van der Waals surface area (Å²) in [6.45, 7) is 2.12. The highest BCUT2D eigenvalue weighted by Crippen LogP contribution is 2.36. The molecule has 0 fully saturated rings. The zero-order chi connectivity index (χ0) is 21.3. The van der Waals surface area contributed by atoms with Crippen LogP contribution < -0.4 is 5.32 Å². The maximum Gasteiger partial charge on any atom is 0.137 e. The van der Waals surface area contributed by atoms with Crippen LogP contribution in [-0.2, 0) is 6.42 Å². The van der Waals surface area contributed by atoms with E-state index in [1.807, 2.05) is 0 Å². The van der Waals surface area contributed by atoms with Crippen molar-refractivity contribution in [1.29, 1.82) is 0 Å². The van der Waals surface area contributed by atoms with Crippen molar-refractivity contribution in [2.24, 2.45) is 4.99 Å². The molecule has 0 bridgehead atoms. The van der Waals surface area contributed by atoms with Crippen LogP contribution in [0.25, 0.3) is 0 Å². The Morgan fingerprint density at radius 3 is 2.60 bits per heavy atom. The Morgan fingerprint density at radius 1 is 1.13 bits per heavy atom. The van der Waals surface area contributed by atoms with Gasteiger partial charge in [0.05, 0.1) is 4.47 Å². The maximum atomic E-state index is 13.8. The summed E-state index contributed by atoms with van der Waals surface area (Å²) in [5.74, 6) is -0.142. The molecule has 3 nitrogen and oxygen atoms in total. The maximum absolute atomic E-state index is 13.8. The van der Waals surface area contributed by atoms with E-state index in [0.29, 0.717) is 21.5 Å².